The second kappa shape index (κ2) is 4.74. The number of carbonyl (C=O) groups is 1. The highest BCUT2D eigenvalue weighted by atomic mass is 35.5. The third kappa shape index (κ3) is 2.30. The number of amides is 1. The lowest BCUT2D eigenvalue weighted by molar-refractivity contribution is -0.120. The van der Waals surface area contributed by atoms with Crippen LogP contribution in [0.2, 0.25) is 5.15 Å². The SMILES string of the molecule is O=C1NN=CC1C1=NC=CNC1=Cc1ccc(Cl)[nH]1. The van der Waals surface area contributed by atoms with Gasteiger partial charge in [0.15, 0.2) is 0 Å². The summed E-state index contributed by atoms with van der Waals surface area (Å²) in [4.78, 5) is 18.9. The largest absolute Gasteiger partial charge is 0.359 e. The molecule has 19 heavy (non-hydrogen) atoms. The highest BCUT2D eigenvalue weighted by molar-refractivity contribution is 6.29. The van der Waals surface area contributed by atoms with E-state index in [4.69, 9.17) is 11.6 Å². The number of aromatic amines is 1. The summed E-state index contributed by atoms with van der Waals surface area (Å²) < 4.78 is 0. The molecular weight excluding hydrogens is 266 g/mol. The van der Waals surface area contributed by atoms with Crippen LogP contribution in [-0.2, 0) is 4.79 Å². The Bertz CT molecular complexity index is 640. The number of aliphatic imine (C=N–C) groups is 1. The van der Waals surface area contributed by atoms with Crippen LogP contribution in [0.25, 0.3) is 6.08 Å². The number of nitrogens with zero attached hydrogens (tertiary/aromatic N) is 2. The van der Waals surface area contributed by atoms with Crippen LogP contribution in [0.15, 0.2) is 40.3 Å². The number of rotatable bonds is 2. The van der Waals surface area contributed by atoms with E-state index in [9.17, 15) is 4.79 Å². The molecule has 0 saturated heterocycles. The van der Waals surface area contributed by atoms with Crippen molar-refractivity contribution in [1.82, 2.24) is 15.7 Å². The minimum absolute atomic E-state index is 0.189. The first-order valence-corrected chi connectivity index (χ1v) is 6.01. The van der Waals surface area contributed by atoms with E-state index in [1.165, 1.54) is 6.21 Å². The maximum Gasteiger partial charge on any atom is 0.254 e. The third-order valence-electron chi connectivity index (χ3n) is 2.75. The Morgan fingerprint density at radius 1 is 1.37 bits per heavy atom. The zero-order valence-electron chi connectivity index (χ0n) is 9.72. The summed E-state index contributed by atoms with van der Waals surface area (Å²) in [6.45, 7) is 0. The average molecular weight is 276 g/mol. The first-order chi connectivity index (χ1) is 9.24. The zero-order chi connectivity index (χ0) is 13.2. The molecule has 3 N–H and O–H groups in total. The highest BCUT2D eigenvalue weighted by Crippen LogP contribution is 2.16. The molecule has 2 aliphatic heterocycles. The molecule has 0 aromatic carbocycles. The summed E-state index contributed by atoms with van der Waals surface area (Å²) in [7, 11) is 0. The molecule has 0 spiro atoms. The van der Waals surface area contributed by atoms with Crippen molar-refractivity contribution in [3.8, 4) is 0 Å². The maximum absolute atomic E-state index is 11.7. The Balaban J connectivity index is 1.94. The van der Waals surface area contributed by atoms with Gasteiger partial charge >= 0.3 is 0 Å². The van der Waals surface area contributed by atoms with Gasteiger partial charge in [-0.1, -0.05) is 11.6 Å². The molecule has 6 nitrogen and oxygen atoms in total. The summed E-state index contributed by atoms with van der Waals surface area (Å²) in [5, 5.41) is 7.38. The summed E-state index contributed by atoms with van der Waals surface area (Å²) in [6, 6.07) is 3.60. The van der Waals surface area contributed by atoms with Crippen molar-refractivity contribution in [2.24, 2.45) is 16.0 Å². The van der Waals surface area contributed by atoms with Crippen LogP contribution in [0.1, 0.15) is 5.69 Å². The average Bonchev–Trinajstić information content (AvgIpc) is 2.99. The first kappa shape index (κ1) is 11.7. The van der Waals surface area contributed by atoms with Gasteiger partial charge < -0.3 is 10.3 Å². The second-order valence-corrected chi connectivity index (χ2v) is 4.43. The van der Waals surface area contributed by atoms with E-state index in [0.717, 1.165) is 11.4 Å². The van der Waals surface area contributed by atoms with Crippen LogP contribution in [-0.4, -0.2) is 22.8 Å². The fourth-order valence-corrected chi connectivity index (χ4v) is 2.05. The van der Waals surface area contributed by atoms with Gasteiger partial charge in [0.05, 0.1) is 11.4 Å². The van der Waals surface area contributed by atoms with Crippen molar-refractivity contribution in [1.29, 1.82) is 0 Å². The lowest BCUT2D eigenvalue weighted by atomic mass is 10.0. The highest BCUT2D eigenvalue weighted by Gasteiger charge is 2.29. The van der Waals surface area contributed by atoms with Crippen LogP contribution in [0, 0.1) is 5.92 Å². The molecule has 1 aromatic rings. The number of carbonyl (C=O) groups excluding carboxylic acids is 1. The molecule has 2 aliphatic rings. The molecule has 3 rings (SSSR count). The minimum Gasteiger partial charge on any atom is -0.359 e. The van der Waals surface area contributed by atoms with E-state index in [-0.39, 0.29) is 5.91 Å². The van der Waals surface area contributed by atoms with E-state index in [1.54, 1.807) is 18.5 Å². The fourth-order valence-electron chi connectivity index (χ4n) is 1.88. The van der Waals surface area contributed by atoms with Gasteiger partial charge in [-0.25, -0.2) is 5.43 Å². The van der Waals surface area contributed by atoms with Crippen LogP contribution in [0.3, 0.4) is 0 Å². The fraction of sp³-hybridized carbons (Fsp3) is 0.0833. The number of aromatic nitrogens is 1. The number of halogens is 1. The quantitative estimate of drug-likeness (QED) is 0.759. The molecule has 0 fully saturated rings. The van der Waals surface area contributed by atoms with Gasteiger partial charge in [-0.3, -0.25) is 9.79 Å². The molecule has 1 aromatic heterocycles. The third-order valence-corrected chi connectivity index (χ3v) is 2.97. The predicted molar refractivity (Wildman–Crippen MR) is 73.6 cm³/mol. The zero-order valence-corrected chi connectivity index (χ0v) is 10.5. The summed E-state index contributed by atoms with van der Waals surface area (Å²) in [5.74, 6) is -0.666. The Morgan fingerprint density at radius 2 is 2.26 bits per heavy atom. The van der Waals surface area contributed by atoms with Gasteiger partial charge in [0.1, 0.15) is 11.1 Å². The molecule has 3 heterocycles. The van der Waals surface area contributed by atoms with E-state index in [2.05, 4.69) is 25.8 Å². The second-order valence-electron chi connectivity index (χ2n) is 4.03. The van der Waals surface area contributed by atoms with Gasteiger partial charge in [0, 0.05) is 24.3 Å². The summed E-state index contributed by atoms with van der Waals surface area (Å²) in [6.07, 6.45) is 6.68. The number of hydrogen-bond donors (Lipinski definition) is 3. The van der Waals surface area contributed by atoms with Gasteiger partial charge in [-0.15, -0.1) is 0 Å². The Hall–Kier alpha value is -2.34. The number of allylic oxidation sites excluding steroid dienone is 1. The van der Waals surface area contributed by atoms with Crippen molar-refractivity contribution in [3.63, 3.8) is 0 Å². The lowest BCUT2D eigenvalue weighted by Crippen LogP contribution is -2.32. The monoisotopic (exact) mass is 275 g/mol. The normalized spacial score (nSPS) is 23.4. The molecule has 1 unspecified atom stereocenters. The molecule has 0 saturated carbocycles. The molecule has 1 amide bonds. The topological polar surface area (TPSA) is 81.6 Å². The van der Waals surface area contributed by atoms with Crippen molar-refractivity contribution >= 4 is 35.5 Å². The van der Waals surface area contributed by atoms with E-state index < -0.39 is 5.92 Å². The standard InChI is InChI=1S/C12H10ClN5O/c13-10-2-1-7(17-10)5-9-11(15-4-3-14-9)8-6-16-18-12(8)19/h1-6,8,14,17H,(H,18,19). The smallest absolute Gasteiger partial charge is 0.254 e. The van der Waals surface area contributed by atoms with Gasteiger partial charge in [0.25, 0.3) is 5.91 Å². The van der Waals surface area contributed by atoms with E-state index >= 15 is 0 Å². The number of nitrogens with one attached hydrogen (secondary N) is 3. The van der Waals surface area contributed by atoms with Crippen LogP contribution >= 0.6 is 11.6 Å². The first-order valence-electron chi connectivity index (χ1n) is 5.63. The molecule has 0 aliphatic carbocycles. The van der Waals surface area contributed by atoms with E-state index in [0.29, 0.717) is 10.9 Å². The summed E-state index contributed by atoms with van der Waals surface area (Å²) >= 11 is 5.83. The Kier molecular flexibility index (Phi) is 2.92. The van der Waals surface area contributed by atoms with Gasteiger partial charge in [-0.2, -0.15) is 5.10 Å². The molecule has 96 valence electrons. The molecule has 7 heteroatoms. The van der Waals surface area contributed by atoms with Crippen molar-refractivity contribution < 1.29 is 4.79 Å². The van der Waals surface area contributed by atoms with Crippen LogP contribution in [0.4, 0.5) is 0 Å². The van der Waals surface area contributed by atoms with Crippen molar-refractivity contribution in [2.45, 2.75) is 0 Å². The van der Waals surface area contributed by atoms with Crippen LogP contribution in [0.5, 0.6) is 0 Å². The molecule has 0 radical (unpaired) electrons. The Labute approximate surface area is 113 Å². The van der Waals surface area contributed by atoms with Gasteiger partial charge in [0.2, 0.25) is 0 Å². The Morgan fingerprint density at radius 3 is 2.95 bits per heavy atom. The van der Waals surface area contributed by atoms with Crippen molar-refractivity contribution in [3.05, 3.63) is 41.1 Å². The molecular formula is C12H10ClN5O. The number of H-pyrrole nitrogens is 1. The van der Waals surface area contributed by atoms with Crippen LogP contribution < -0.4 is 10.7 Å². The summed E-state index contributed by atoms with van der Waals surface area (Å²) in [5.41, 5.74) is 4.57. The molecule has 1 atom stereocenters. The maximum atomic E-state index is 11.7. The lowest BCUT2D eigenvalue weighted by Gasteiger charge is -2.16. The van der Waals surface area contributed by atoms with Gasteiger partial charge in [-0.05, 0) is 18.2 Å². The number of hydrazone groups is 1. The number of hydrogen-bond acceptors (Lipinski definition) is 4. The van der Waals surface area contributed by atoms with Crippen molar-refractivity contribution in [2.75, 3.05) is 0 Å². The molecule has 0 bridgehead atoms. The predicted octanol–water partition coefficient (Wildman–Crippen LogP) is 1.26. The van der Waals surface area contributed by atoms with E-state index in [1.807, 2.05) is 12.1 Å². The minimum atomic E-state index is -0.478.